The number of aromatic nitrogens is 5. The average Bonchev–Trinajstić information content (AvgIpc) is 3.27. The van der Waals surface area contributed by atoms with Crippen molar-refractivity contribution in [2.45, 2.75) is 25.9 Å². The van der Waals surface area contributed by atoms with Crippen molar-refractivity contribution in [3.63, 3.8) is 0 Å². The van der Waals surface area contributed by atoms with Gasteiger partial charge in [0, 0.05) is 11.8 Å². The number of aryl methyl sites for hydroxylation is 1. The highest BCUT2D eigenvalue weighted by atomic mass is 32.1. The van der Waals surface area contributed by atoms with Crippen LogP contribution in [0.5, 0.6) is 0 Å². The van der Waals surface area contributed by atoms with Crippen LogP contribution in [0.25, 0.3) is 0 Å². The van der Waals surface area contributed by atoms with Crippen LogP contribution >= 0.6 is 11.3 Å². The first-order valence-electron chi connectivity index (χ1n) is 7.78. The van der Waals surface area contributed by atoms with E-state index in [1.54, 1.807) is 6.92 Å². The molecule has 1 amide bonds. The van der Waals surface area contributed by atoms with Gasteiger partial charge in [0.15, 0.2) is 5.69 Å². The molecule has 0 saturated heterocycles. The molecule has 0 fully saturated rings. The van der Waals surface area contributed by atoms with Gasteiger partial charge in [-0.25, -0.2) is 14.5 Å². The van der Waals surface area contributed by atoms with Crippen LogP contribution in [0.2, 0.25) is 0 Å². The number of hydrogen-bond donors (Lipinski definition) is 2. The third kappa shape index (κ3) is 4.09. The van der Waals surface area contributed by atoms with E-state index in [1.165, 1.54) is 21.4 Å². The predicted octanol–water partition coefficient (Wildman–Crippen LogP) is 1.24. The van der Waals surface area contributed by atoms with Crippen molar-refractivity contribution in [3.8, 4) is 0 Å². The summed E-state index contributed by atoms with van der Waals surface area (Å²) in [4.78, 5) is 27.6. The number of carboxylic acids is 1. The zero-order valence-corrected chi connectivity index (χ0v) is 14.7. The van der Waals surface area contributed by atoms with Crippen LogP contribution in [0.15, 0.2) is 35.7 Å². The van der Waals surface area contributed by atoms with Crippen LogP contribution in [0, 0.1) is 6.92 Å². The fourth-order valence-corrected chi connectivity index (χ4v) is 3.13. The zero-order chi connectivity index (χ0) is 18.5. The van der Waals surface area contributed by atoms with Crippen LogP contribution in [0.3, 0.4) is 0 Å². The van der Waals surface area contributed by atoms with Gasteiger partial charge in [-0.05, 0) is 22.9 Å². The maximum Gasteiger partial charge on any atom is 0.355 e. The Morgan fingerprint density at radius 3 is 2.69 bits per heavy atom. The van der Waals surface area contributed by atoms with Crippen molar-refractivity contribution >= 4 is 23.2 Å². The van der Waals surface area contributed by atoms with Crippen LogP contribution in [0.4, 0.5) is 0 Å². The Labute approximate surface area is 152 Å². The van der Waals surface area contributed by atoms with Crippen LogP contribution < -0.4 is 5.32 Å². The summed E-state index contributed by atoms with van der Waals surface area (Å²) in [7, 11) is 0. The first kappa shape index (κ1) is 17.7. The molecule has 0 saturated carbocycles. The summed E-state index contributed by atoms with van der Waals surface area (Å²) in [5, 5.41) is 25.0. The molecule has 0 bridgehead atoms. The van der Waals surface area contributed by atoms with Gasteiger partial charge in [-0.15, -0.1) is 16.4 Å². The van der Waals surface area contributed by atoms with Gasteiger partial charge in [0.25, 0.3) is 0 Å². The number of hydrogen-bond acceptors (Lipinski definition) is 7. The predicted molar refractivity (Wildman–Crippen MR) is 92.7 cm³/mol. The van der Waals surface area contributed by atoms with E-state index in [0.717, 1.165) is 5.56 Å². The molecule has 2 aromatic heterocycles. The molecular formula is C16H16N6O3S. The van der Waals surface area contributed by atoms with Crippen LogP contribution in [0.1, 0.15) is 32.9 Å². The molecule has 0 spiro atoms. The van der Waals surface area contributed by atoms with Crippen LogP contribution in [-0.4, -0.2) is 42.2 Å². The third-order valence-corrected chi connectivity index (χ3v) is 4.56. The lowest BCUT2D eigenvalue weighted by atomic mass is 10.1. The second kappa shape index (κ2) is 7.83. The monoisotopic (exact) mass is 372 g/mol. The minimum atomic E-state index is -1.09. The SMILES string of the molecule is Cc1nnnn1C(Cc1ccccc1)C(=O)NCc1nc(C(=O)O)cs1. The van der Waals surface area contributed by atoms with Crippen molar-refractivity contribution in [2.75, 3.05) is 0 Å². The van der Waals surface area contributed by atoms with Crippen LogP contribution in [-0.2, 0) is 17.8 Å². The number of benzene rings is 1. The summed E-state index contributed by atoms with van der Waals surface area (Å²) >= 11 is 1.18. The molecule has 1 atom stereocenters. The first-order valence-corrected chi connectivity index (χ1v) is 8.66. The molecule has 134 valence electrons. The molecule has 3 rings (SSSR count). The normalized spacial score (nSPS) is 11.9. The second-order valence-corrected chi connectivity index (χ2v) is 6.47. The van der Waals surface area contributed by atoms with Gasteiger partial charge in [0.1, 0.15) is 16.9 Å². The maximum absolute atomic E-state index is 12.7. The van der Waals surface area contributed by atoms with E-state index in [1.807, 2.05) is 30.3 Å². The number of carboxylic acid groups (broad SMARTS) is 1. The summed E-state index contributed by atoms with van der Waals surface area (Å²) < 4.78 is 1.48. The third-order valence-electron chi connectivity index (χ3n) is 3.71. The number of rotatable bonds is 7. The Balaban J connectivity index is 1.74. The van der Waals surface area contributed by atoms with Crippen molar-refractivity contribution in [1.82, 2.24) is 30.5 Å². The van der Waals surface area contributed by atoms with E-state index in [-0.39, 0.29) is 18.1 Å². The second-order valence-electron chi connectivity index (χ2n) is 5.53. The Morgan fingerprint density at radius 1 is 1.31 bits per heavy atom. The van der Waals surface area contributed by atoms with E-state index in [9.17, 15) is 9.59 Å². The largest absolute Gasteiger partial charge is 0.476 e. The molecule has 2 N–H and O–H groups in total. The zero-order valence-electron chi connectivity index (χ0n) is 13.9. The molecule has 26 heavy (non-hydrogen) atoms. The van der Waals surface area contributed by atoms with E-state index >= 15 is 0 Å². The van der Waals surface area contributed by atoms with Crippen molar-refractivity contribution < 1.29 is 14.7 Å². The first-order chi connectivity index (χ1) is 12.5. The van der Waals surface area contributed by atoms with Crippen molar-refractivity contribution in [2.24, 2.45) is 0 Å². The molecule has 1 unspecified atom stereocenters. The Hall–Kier alpha value is -3.14. The summed E-state index contributed by atoms with van der Waals surface area (Å²) in [6, 6.07) is 8.95. The van der Waals surface area contributed by atoms with Gasteiger partial charge in [0.05, 0.1) is 6.54 Å². The van der Waals surface area contributed by atoms with E-state index < -0.39 is 12.0 Å². The minimum Gasteiger partial charge on any atom is -0.476 e. The highest BCUT2D eigenvalue weighted by molar-refractivity contribution is 7.09. The Morgan fingerprint density at radius 2 is 2.08 bits per heavy atom. The molecule has 0 aliphatic carbocycles. The molecule has 0 aliphatic rings. The van der Waals surface area contributed by atoms with Gasteiger partial charge in [-0.1, -0.05) is 30.3 Å². The summed E-state index contributed by atoms with van der Waals surface area (Å²) in [6.45, 7) is 1.87. The molecular weight excluding hydrogens is 356 g/mol. The lowest BCUT2D eigenvalue weighted by molar-refractivity contribution is -0.124. The fraction of sp³-hybridized carbons (Fsp3) is 0.250. The van der Waals surface area contributed by atoms with E-state index in [2.05, 4.69) is 25.8 Å². The van der Waals surface area contributed by atoms with Gasteiger partial charge < -0.3 is 10.4 Å². The standard InChI is InChI=1S/C16H16N6O3S/c1-10-19-20-21-22(10)13(7-11-5-3-2-4-6-11)15(23)17-8-14-18-12(9-26-14)16(24)25/h2-6,9,13H,7-8H2,1H3,(H,17,23)(H,24,25). The fourth-order valence-electron chi connectivity index (χ4n) is 2.42. The number of nitrogens with zero attached hydrogens (tertiary/aromatic N) is 5. The number of nitrogens with one attached hydrogen (secondary N) is 1. The number of carbonyl (C=O) groups is 2. The average molecular weight is 372 g/mol. The number of amides is 1. The molecule has 2 heterocycles. The Bertz CT molecular complexity index is 908. The lowest BCUT2D eigenvalue weighted by Gasteiger charge is -2.17. The number of thiazole rings is 1. The van der Waals surface area contributed by atoms with Gasteiger partial charge in [0.2, 0.25) is 5.91 Å². The summed E-state index contributed by atoms with van der Waals surface area (Å²) in [5.74, 6) is -0.829. The minimum absolute atomic E-state index is 0.0311. The molecule has 3 aromatic rings. The van der Waals surface area contributed by atoms with E-state index in [4.69, 9.17) is 5.11 Å². The molecule has 0 aliphatic heterocycles. The van der Waals surface area contributed by atoms with Crippen molar-refractivity contribution in [1.29, 1.82) is 0 Å². The number of aromatic carboxylic acids is 1. The maximum atomic E-state index is 12.7. The molecule has 9 nitrogen and oxygen atoms in total. The lowest BCUT2D eigenvalue weighted by Crippen LogP contribution is -2.34. The van der Waals surface area contributed by atoms with Gasteiger partial charge in [-0.3, -0.25) is 4.79 Å². The van der Waals surface area contributed by atoms with Gasteiger partial charge >= 0.3 is 5.97 Å². The highest BCUT2D eigenvalue weighted by Crippen LogP contribution is 2.16. The number of tetrazole rings is 1. The summed E-state index contributed by atoms with van der Waals surface area (Å²) in [6.07, 6.45) is 0.427. The molecule has 1 aromatic carbocycles. The Kier molecular flexibility index (Phi) is 5.32. The quantitative estimate of drug-likeness (QED) is 0.639. The highest BCUT2D eigenvalue weighted by Gasteiger charge is 2.24. The van der Waals surface area contributed by atoms with Gasteiger partial charge in [-0.2, -0.15) is 0 Å². The summed E-state index contributed by atoms with van der Waals surface area (Å²) in [5.41, 5.74) is 0.946. The topological polar surface area (TPSA) is 123 Å². The van der Waals surface area contributed by atoms with Crippen molar-refractivity contribution in [3.05, 3.63) is 57.8 Å². The smallest absolute Gasteiger partial charge is 0.355 e. The molecule has 0 radical (unpaired) electrons. The molecule has 10 heteroatoms. The van der Waals surface area contributed by atoms with E-state index in [0.29, 0.717) is 17.3 Å². The number of carbonyl (C=O) groups excluding carboxylic acids is 1.